The van der Waals surface area contributed by atoms with Crippen LogP contribution in [0.2, 0.25) is 0 Å². The molecule has 0 saturated heterocycles. The topological polar surface area (TPSA) is 0 Å². The zero-order valence-electron chi connectivity index (χ0n) is 2.22. The summed E-state index contributed by atoms with van der Waals surface area (Å²) in [7, 11) is 0. The molecule has 0 aromatic rings. The number of hydrogen-bond acceptors (Lipinski definition) is 0. The molecule has 5 heteroatoms. The molecule has 0 aromatic carbocycles. The molecule has 0 fully saturated rings. The quantitative estimate of drug-likeness (QED) is 0.585. The monoisotopic (exact) mass is 276 g/mol. The van der Waals surface area contributed by atoms with Gasteiger partial charge in [-0.2, -0.15) is 0 Å². The van der Waals surface area contributed by atoms with Gasteiger partial charge in [-0.1, -0.05) is 0 Å². The van der Waals surface area contributed by atoms with Crippen molar-refractivity contribution in [1.82, 2.24) is 0 Å². The normalized spacial score (nSPS) is 0. The van der Waals surface area contributed by atoms with Gasteiger partial charge in [0.25, 0.3) is 0 Å². The van der Waals surface area contributed by atoms with Crippen molar-refractivity contribution in [2.75, 3.05) is 0 Å². The molecule has 0 bridgehead atoms. The molecule has 0 aliphatic carbocycles. The van der Waals surface area contributed by atoms with Gasteiger partial charge >= 0.3 is 52.4 Å². The summed E-state index contributed by atoms with van der Waals surface area (Å²) < 4.78 is 0. The van der Waals surface area contributed by atoms with E-state index in [9.17, 15) is 0 Å². The summed E-state index contributed by atoms with van der Waals surface area (Å²) in [4.78, 5) is 0. The Bertz CT molecular complexity index is 4.85. The van der Waals surface area contributed by atoms with Crippen molar-refractivity contribution in [3.63, 3.8) is 0 Å². The fraction of sp³-hybridized carbons (Fsp3) is 0. The van der Waals surface area contributed by atoms with Crippen molar-refractivity contribution < 1.29 is 52.4 Å². The summed E-state index contributed by atoms with van der Waals surface area (Å²) in [5.74, 6) is 0. The molecule has 24 valence electrons. The molecule has 0 atom stereocenters. The van der Waals surface area contributed by atoms with Gasteiger partial charge in [0.05, 0.1) is 0 Å². The largest absolute Gasteiger partial charge is 4.00 e. The maximum atomic E-state index is 0. The summed E-state index contributed by atoms with van der Waals surface area (Å²) in [6, 6.07) is 0. The first-order valence-electron chi connectivity index (χ1n) is 0. The van der Waals surface area contributed by atoms with Gasteiger partial charge in [-0.25, -0.2) is 0 Å². The maximum absolute atomic E-state index is 0. The molecule has 0 rings (SSSR count). The van der Waals surface area contributed by atoms with Crippen LogP contribution in [0.5, 0.6) is 0 Å². The average Bonchev–Trinajstić information content (AvgIpc) is 0. The van der Waals surface area contributed by atoms with Crippen molar-refractivity contribution >= 4 is 40.5 Å². The Hall–Kier alpha value is 2.82. The molecule has 0 spiro atoms. The molecule has 0 aliphatic rings. The van der Waals surface area contributed by atoms with Gasteiger partial charge in [0.1, 0.15) is 0 Å². The predicted molar refractivity (Wildman–Crippen MR) is 22.1 cm³/mol. The van der Waals surface area contributed by atoms with Crippen molar-refractivity contribution in [3.8, 4) is 0 Å². The van der Waals surface area contributed by atoms with E-state index in [0.29, 0.717) is 0 Å². The van der Waals surface area contributed by atoms with E-state index in [4.69, 9.17) is 0 Å². The van der Waals surface area contributed by atoms with Crippen LogP contribution in [0, 0.1) is 0 Å². The van der Waals surface area contributed by atoms with Crippen LogP contribution in [-0.2, 0) is 92.9 Å². The Morgan fingerprint density at radius 3 is 0.400 bits per heavy atom. The van der Waals surface area contributed by atoms with E-state index < -0.39 is 0 Å². The van der Waals surface area contributed by atoms with Gasteiger partial charge in [0.2, 0.25) is 0 Å². The van der Waals surface area contributed by atoms with E-state index in [1.54, 1.807) is 0 Å². The van der Waals surface area contributed by atoms with Crippen molar-refractivity contribution in [3.05, 3.63) is 0 Å². The molecular formula is S3Zr2+2. The Kier molecular flexibility index (Phi) is 266. The molecule has 0 aliphatic heterocycles. The van der Waals surface area contributed by atoms with Crippen LogP contribution in [0.25, 0.3) is 0 Å². The SMILES string of the molecule is [S-2].[S-2].[S-2].[Zr+4].[Zr+4]. The first kappa shape index (κ1) is 45.8. The van der Waals surface area contributed by atoms with Crippen LogP contribution < -0.4 is 0 Å². The molecule has 5 heavy (non-hydrogen) atoms. The van der Waals surface area contributed by atoms with Gasteiger partial charge in [-0.05, 0) is 0 Å². The zero-order valence-corrected chi connectivity index (χ0v) is 9.59. The summed E-state index contributed by atoms with van der Waals surface area (Å²) in [6.07, 6.45) is 0. The van der Waals surface area contributed by atoms with Crippen LogP contribution in [0.3, 0.4) is 0 Å². The standard InChI is InChI=1S/3S.2Zr/q3*-2;2*+4. The third-order valence-corrected chi connectivity index (χ3v) is 0. The molecule has 0 heterocycles. The molecule has 0 unspecified atom stereocenters. The Balaban J connectivity index is 0. The van der Waals surface area contributed by atoms with E-state index in [1.807, 2.05) is 0 Å². The minimum absolute atomic E-state index is 0. The fourth-order valence-corrected chi connectivity index (χ4v) is 0. The smallest absolute Gasteiger partial charge is 2.00 e. The van der Waals surface area contributed by atoms with Crippen LogP contribution >= 0.6 is 0 Å². The maximum Gasteiger partial charge on any atom is 4.00 e. The van der Waals surface area contributed by atoms with Gasteiger partial charge in [0.15, 0.2) is 0 Å². The van der Waals surface area contributed by atoms with E-state index in [1.165, 1.54) is 0 Å². The molecule has 0 radical (unpaired) electrons. The summed E-state index contributed by atoms with van der Waals surface area (Å²) >= 11 is 0. The minimum Gasteiger partial charge on any atom is -2.00 e. The summed E-state index contributed by atoms with van der Waals surface area (Å²) in [6.45, 7) is 0. The molecule has 0 saturated carbocycles. The number of rotatable bonds is 0. The van der Waals surface area contributed by atoms with E-state index >= 15 is 0 Å². The Morgan fingerprint density at radius 1 is 0.400 bits per heavy atom. The summed E-state index contributed by atoms with van der Waals surface area (Å²) in [5, 5.41) is 0. The van der Waals surface area contributed by atoms with Crippen molar-refractivity contribution in [1.29, 1.82) is 0 Å². The van der Waals surface area contributed by atoms with Crippen LogP contribution in [0.15, 0.2) is 0 Å². The second-order valence-corrected chi connectivity index (χ2v) is 0. The zero-order chi connectivity index (χ0) is 0. The Labute approximate surface area is 91.4 Å². The summed E-state index contributed by atoms with van der Waals surface area (Å²) in [5.41, 5.74) is 0. The van der Waals surface area contributed by atoms with Crippen LogP contribution in [0.4, 0.5) is 0 Å². The third kappa shape index (κ3) is 19.9. The second kappa shape index (κ2) is 29.1. The Morgan fingerprint density at radius 2 is 0.400 bits per heavy atom. The van der Waals surface area contributed by atoms with Gasteiger partial charge in [-0.15, -0.1) is 0 Å². The van der Waals surface area contributed by atoms with Gasteiger partial charge in [0, 0.05) is 0 Å². The molecule has 0 nitrogen and oxygen atoms in total. The van der Waals surface area contributed by atoms with Gasteiger partial charge in [-0.3, -0.25) is 0 Å². The van der Waals surface area contributed by atoms with E-state index in [-0.39, 0.29) is 92.9 Å². The third-order valence-electron chi connectivity index (χ3n) is 0. The minimum atomic E-state index is 0. The predicted octanol–water partition coefficient (Wildman–Crippen LogP) is -0.0122. The van der Waals surface area contributed by atoms with E-state index in [2.05, 4.69) is 0 Å². The molecule has 0 N–H and O–H groups in total. The van der Waals surface area contributed by atoms with E-state index in [0.717, 1.165) is 0 Å². The molecule has 0 aromatic heterocycles. The van der Waals surface area contributed by atoms with Crippen molar-refractivity contribution in [2.24, 2.45) is 0 Å². The first-order valence-corrected chi connectivity index (χ1v) is 0. The molecule has 0 amide bonds. The number of hydrogen-bond donors (Lipinski definition) is 0. The average molecular weight is 279 g/mol. The second-order valence-electron chi connectivity index (χ2n) is 0. The molecular weight excluding hydrogens is 279 g/mol. The fourth-order valence-electron chi connectivity index (χ4n) is 0. The first-order chi connectivity index (χ1) is 0. The van der Waals surface area contributed by atoms with Gasteiger partial charge < -0.3 is 40.5 Å². The van der Waals surface area contributed by atoms with Crippen molar-refractivity contribution in [2.45, 2.75) is 0 Å². The van der Waals surface area contributed by atoms with Crippen LogP contribution in [-0.4, -0.2) is 0 Å². The van der Waals surface area contributed by atoms with Crippen LogP contribution in [0.1, 0.15) is 0 Å².